The minimum absolute atomic E-state index is 0.202. The van der Waals surface area contributed by atoms with E-state index in [0.29, 0.717) is 5.69 Å². The zero-order chi connectivity index (χ0) is 13.0. The number of rotatable bonds is 3. The second-order valence-corrected chi connectivity index (χ2v) is 4.11. The maximum Gasteiger partial charge on any atom is 0.274 e. The van der Waals surface area contributed by atoms with Crippen LogP contribution < -0.4 is 10.2 Å². The summed E-state index contributed by atoms with van der Waals surface area (Å²) in [6.45, 7) is 0. The van der Waals surface area contributed by atoms with Gasteiger partial charge in [0.15, 0.2) is 0 Å². The summed E-state index contributed by atoms with van der Waals surface area (Å²) >= 11 is 0. The molecule has 0 radical (unpaired) electrons. The van der Waals surface area contributed by atoms with E-state index >= 15 is 0 Å². The monoisotopic (exact) mass is 241 g/mol. The molecule has 1 aromatic carbocycles. The SMILES string of the molecule is CN(C)c1cccc(NC(=O)c2ccccn2)c1. The van der Waals surface area contributed by atoms with Gasteiger partial charge in [-0.1, -0.05) is 12.1 Å². The van der Waals surface area contributed by atoms with Gasteiger partial charge in [-0.3, -0.25) is 9.78 Å². The Morgan fingerprint density at radius 2 is 2.00 bits per heavy atom. The molecule has 0 aliphatic heterocycles. The van der Waals surface area contributed by atoms with Crippen LogP contribution in [0.1, 0.15) is 10.5 Å². The molecule has 0 aliphatic carbocycles. The van der Waals surface area contributed by atoms with Crippen LogP contribution in [0.25, 0.3) is 0 Å². The number of amides is 1. The number of carbonyl (C=O) groups is 1. The van der Waals surface area contributed by atoms with Gasteiger partial charge in [0.05, 0.1) is 0 Å². The van der Waals surface area contributed by atoms with E-state index in [0.717, 1.165) is 11.4 Å². The van der Waals surface area contributed by atoms with E-state index in [2.05, 4.69) is 10.3 Å². The van der Waals surface area contributed by atoms with Gasteiger partial charge in [0, 0.05) is 31.7 Å². The Bertz CT molecular complexity index is 538. The van der Waals surface area contributed by atoms with Crippen molar-refractivity contribution in [2.75, 3.05) is 24.3 Å². The highest BCUT2D eigenvalue weighted by molar-refractivity contribution is 6.03. The van der Waals surface area contributed by atoms with Crippen LogP contribution in [0, 0.1) is 0 Å². The average molecular weight is 241 g/mol. The fourth-order valence-corrected chi connectivity index (χ4v) is 1.55. The minimum Gasteiger partial charge on any atom is -0.378 e. The topological polar surface area (TPSA) is 45.2 Å². The highest BCUT2D eigenvalue weighted by Crippen LogP contribution is 2.17. The predicted octanol–water partition coefficient (Wildman–Crippen LogP) is 2.40. The van der Waals surface area contributed by atoms with E-state index in [1.54, 1.807) is 24.4 Å². The number of nitrogens with zero attached hydrogens (tertiary/aromatic N) is 2. The molecule has 0 unspecified atom stereocenters. The van der Waals surface area contributed by atoms with Gasteiger partial charge in [-0.05, 0) is 30.3 Å². The molecule has 1 heterocycles. The highest BCUT2D eigenvalue weighted by Gasteiger charge is 2.07. The van der Waals surface area contributed by atoms with Crippen molar-refractivity contribution >= 4 is 17.3 Å². The summed E-state index contributed by atoms with van der Waals surface area (Å²) in [6.07, 6.45) is 1.60. The summed E-state index contributed by atoms with van der Waals surface area (Å²) in [4.78, 5) is 17.9. The van der Waals surface area contributed by atoms with Crippen molar-refractivity contribution < 1.29 is 4.79 Å². The number of anilines is 2. The van der Waals surface area contributed by atoms with E-state index in [9.17, 15) is 4.79 Å². The standard InChI is InChI=1S/C14H15N3O/c1-17(2)12-7-5-6-11(10-12)16-14(18)13-8-3-4-9-15-13/h3-10H,1-2H3,(H,16,18). The number of carbonyl (C=O) groups excluding carboxylic acids is 1. The van der Waals surface area contributed by atoms with Gasteiger partial charge in [-0.25, -0.2) is 0 Å². The highest BCUT2D eigenvalue weighted by atomic mass is 16.1. The van der Waals surface area contributed by atoms with Crippen molar-refractivity contribution in [2.45, 2.75) is 0 Å². The zero-order valence-electron chi connectivity index (χ0n) is 10.4. The normalized spacial score (nSPS) is 9.89. The predicted molar refractivity (Wildman–Crippen MR) is 73.0 cm³/mol. The molecule has 2 aromatic rings. The van der Waals surface area contributed by atoms with Crippen LogP contribution in [0.2, 0.25) is 0 Å². The van der Waals surface area contributed by atoms with Crippen LogP contribution >= 0.6 is 0 Å². The third-order valence-electron chi connectivity index (χ3n) is 2.52. The number of benzene rings is 1. The third-order valence-corrected chi connectivity index (χ3v) is 2.52. The van der Waals surface area contributed by atoms with Crippen LogP contribution in [0.4, 0.5) is 11.4 Å². The summed E-state index contributed by atoms with van der Waals surface area (Å²) in [6, 6.07) is 12.9. The molecule has 92 valence electrons. The Kier molecular flexibility index (Phi) is 3.57. The molecule has 18 heavy (non-hydrogen) atoms. The van der Waals surface area contributed by atoms with E-state index in [1.165, 1.54) is 0 Å². The number of pyridine rings is 1. The van der Waals surface area contributed by atoms with Crippen molar-refractivity contribution in [1.29, 1.82) is 0 Å². The van der Waals surface area contributed by atoms with Crippen LogP contribution in [-0.4, -0.2) is 25.0 Å². The quantitative estimate of drug-likeness (QED) is 0.897. The molecule has 0 saturated heterocycles. The number of nitrogens with one attached hydrogen (secondary N) is 1. The second-order valence-electron chi connectivity index (χ2n) is 4.11. The van der Waals surface area contributed by atoms with Crippen molar-refractivity contribution in [2.24, 2.45) is 0 Å². The second kappa shape index (κ2) is 5.31. The lowest BCUT2D eigenvalue weighted by Crippen LogP contribution is -2.14. The van der Waals surface area contributed by atoms with Gasteiger partial charge >= 0.3 is 0 Å². The molecule has 0 aliphatic rings. The molecule has 1 aromatic heterocycles. The van der Waals surface area contributed by atoms with E-state index in [1.807, 2.05) is 43.3 Å². The Hall–Kier alpha value is -2.36. The summed E-state index contributed by atoms with van der Waals surface area (Å²) in [7, 11) is 3.92. The maximum atomic E-state index is 11.9. The van der Waals surface area contributed by atoms with E-state index < -0.39 is 0 Å². The summed E-state index contributed by atoms with van der Waals surface area (Å²) in [5, 5.41) is 2.83. The average Bonchev–Trinajstić information content (AvgIpc) is 2.40. The molecular weight excluding hydrogens is 226 g/mol. The lowest BCUT2D eigenvalue weighted by atomic mass is 10.2. The van der Waals surface area contributed by atoms with Crippen molar-refractivity contribution in [3.8, 4) is 0 Å². The zero-order valence-corrected chi connectivity index (χ0v) is 10.4. The van der Waals surface area contributed by atoms with Gasteiger partial charge in [0.25, 0.3) is 5.91 Å². The Morgan fingerprint density at radius 3 is 2.67 bits per heavy atom. The maximum absolute atomic E-state index is 11.9. The Balaban J connectivity index is 2.15. The molecule has 0 spiro atoms. The van der Waals surface area contributed by atoms with Crippen LogP contribution in [-0.2, 0) is 0 Å². The van der Waals surface area contributed by atoms with Gasteiger partial charge in [0.2, 0.25) is 0 Å². The third kappa shape index (κ3) is 2.85. The van der Waals surface area contributed by atoms with Crippen molar-refractivity contribution in [1.82, 2.24) is 4.98 Å². The molecule has 0 atom stereocenters. The summed E-state index contributed by atoms with van der Waals surface area (Å²) in [5.74, 6) is -0.202. The van der Waals surface area contributed by atoms with Gasteiger partial charge in [-0.15, -0.1) is 0 Å². The van der Waals surface area contributed by atoms with Crippen LogP contribution in [0.5, 0.6) is 0 Å². The Morgan fingerprint density at radius 1 is 1.17 bits per heavy atom. The minimum atomic E-state index is -0.202. The lowest BCUT2D eigenvalue weighted by molar-refractivity contribution is 0.102. The summed E-state index contributed by atoms with van der Waals surface area (Å²) < 4.78 is 0. The first kappa shape index (κ1) is 12.1. The molecule has 4 nitrogen and oxygen atoms in total. The number of hydrogen-bond acceptors (Lipinski definition) is 3. The summed E-state index contributed by atoms with van der Waals surface area (Å²) in [5.41, 5.74) is 2.21. The fourth-order valence-electron chi connectivity index (χ4n) is 1.55. The Labute approximate surface area is 106 Å². The molecule has 0 fully saturated rings. The molecule has 0 bridgehead atoms. The molecular formula is C14H15N3O. The van der Waals surface area contributed by atoms with Crippen molar-refractivity contribution in [3.63, 3.8) is 0 Å². The van der Waals surface area contributed by atoms with E-state index in [4.69, 9.17) is 0 Å². The number of hydrogen-bond donors (Lipinski definition) is 1. The molecule has 0 saturated carbocycles. The first-order valence-corrected chi connectivity index (χ1v) is 5.66. The fraction of sp³-hybridized carbons (Fsp3) is 0.143. The number of aromatic nitrogens is 1. The first-order valence-electron chi connectivity index (χ1n) is 5.66. The van der Waals surface area contributed by atoms with Gasteiger partial charge in [-0.2, -0.15) is 0 Å². The molecule has 1 amide bonds. The molecule has 4 heteroatoms. The molecule has 2 rings (SSSR count). The first-order chi connectivity index (χ1) is 8.66. The van der Waals surface area contributed by atoms with Gasteiger partial charge in [0.1, 0.15) is 5.69 Å². The van der Waals surface area contributed by atoms with Crippen molar-refractivity contribution in [3.05, 3.63) is 54.4 Å². The largest absolute Gasteiger partial charge is 0.378 e. The molecule has 1 N–H and O–H groups in total. The van der Waals surface area contributed by atoms with Gasteiger partial charge < -0.3 is 10.2 Å². The van der Waals surface area contributed by atoms with E-state index in [-0.39, 0.29) is 5.91 Å². The lowest BCUT2D eigenvalue weighted by Gasteiger charge is -2.13. The van der Waals surface area contributed by atoms with Crippen LogP contribution in [0.15, 0.2) is 48.7 Å². The smallest absolute Gasteiger partial charge is 0.274 e. The van der Waals surface area contributed by atoms with Crippen LogP contribution in [0.3, 0.4) is 0 Å².